The number of nitriles is 1. The first-order valence-corrected chi connectivity index (χ1v) is 14.2. The predicted octanol–water partition coefficient (Wildman–Crippen LogP) is 6.01. The summed E-state index contributed by atoms with van der Waals surface area (Å²) in [4.78, 5) is 29.8. The number of rotatable bonds is 13. The van der Waals surface area contributed by atoms with Crippen LogP contribution in [0, 0.1) is 24.2 Å². The first kappa shape index (κ1) is 30.7. The number of H-pyrrole nitrogens is 1. The summed E-state index contributed by atoms with van der Waals surface area (Å²) in [5, 5.41) is 18.6. The van der Waals surface area contributed by atoms with Crippen molar-refractivity contribution < 1.29 is 19.4 Å². The molecule has 1 aromatic heterocycles. The number of carbonyl (C=O) groups is 2. The third kappa shape index (κ3) is 8.59. The second-order valence-electron chi connectivity index (χ2n) is 10.4. The van der Waals surface area contributed by atoms with Crippen LogP contribution < -0.4 is 4.74 Å². The van der Waals surface area contributed by atoms with E-state index in [0.717, 1.165) is 38.2 Å². The number of nitrogens with one attached hydrogen (secondary N) is 1. The van der Waals surface area contributed by atoms with E-state index in [9.17, 15) is 9.59 Å². The highest BCUT2D eigenvalue weighted by molar-refractivity contribution is 5.94. The largest absolute Gasteiger partial charge is 0.496 e. The van der Waals surface area contributed by atoms with Crippen LogP contribution in [0.2, 0.25) is 0 Å². The van der Waals surface area contributed by atoms with Crippen molar-refractivity contribution in [1.29, 1.82) is 5.26 Å². The highest BCUT2D eigenvalue weighted by Gasteiger charge is 2.32. The number of unbranched alkanes of at least 4 members (excludes halogenated alkanes) is 3. The van der Waals surface area contributed by atoms with E-state index in [1.807, 2.05) is 24.4 Å². The molecule has 40 heavy (non-hydrogen) atoms. The van der Waals surface area contributed by atoms with Gasteiger partial charge in [0.2, 0.25) is 0 Å². The number of hydrogen-bond acceptors (Lipinski definition) is 5. The maximum absolute atomic E-state index is 11.8. The van der Waals surface area contributed by atoms with Crippen LogP contribution in [-0.4, -0.2) is 65.1 Å². The summed E-state index contributed by atoms with van der Waals surface area (Å²) in [5.41, 5.74) is 4.34. The molecule has 2 aromatic carbocycles. The molecule has 4 rings (SSSR count). The van der Waals surface area contributed by atoms with Gasteiger partial charge in [-0.05, 0) is 69.1 Å². The quantitative estimate of drug-likeness (QED) is 0.254. The van der Waals surface area contributed by atoms with E-state index in [2.05, 4.69) is 41.9 Å². The van der Waals surface area contributed by atoms with Gasteiger partial charge in [0.1, 0.15) is 5.75 Å². The predicted molar refractivity (Wildman–Crippen MR) is 157 cm³/mol. The Morgan fingerprint density at radius 3 is 2.52 bits per heavy atom. The Morgan fingerprint density at radius 1 is 1.15 bits per heavy atom. The van der Waals surface area contributed by atoms with Crippen LogP contribution in [0.3, 0.4) is 0 Å². The molecular formula is C32H42N4O4. The van der Waals surface area contributed by atoms with Crippen LogP contribution >= 0.6 is 0 Å². The Morgan fingerprint density at radius 2 is 1.88 bits per heavy atom. The maximum atomic E-state index is 11.8. The Hall–Kier alpha value is -3.83. The minimum Gasteiger partial charge on any atom is -0.496 e. The third-order valence-corrected chi connectivity index (χ3v) is 7.28. The number of nitrogens with zero attached hydrogens (tertiary/aromatic N) is 3. The summed E-state index contributed by atoms with van der Waals surface area (Å²) < 4.78 is 5.67. The van der Waals surface area contributed by atoms with Crippen molar-refractivity contribution in [3.05, 3.63) is 65.4 Å². The van der Waals surface area contributed by atoms with Gasteiger partial charge in [-0.1, -0.05) is 31.5 Å². The van der Waals surface area contributed by atoms with Gasteiger partial charge in [0.05, 0.1) is 19.6 Å². The lowest BCUT2D eigenvalue weighted by Crippen LogP contribution is -2.50. The molecule has 0 saturated carbocycles. The molecule has 1 amide bonds. The lowest BCUT2D eigenvalue weighted by atomic mass is 9.95. The molecule has 1 fully saturated rings. The third-order valence-electron chi connectivity index (χ3n) is 7.28. The van der Waals surface area contributed by atoms with Gasteiger partial charge in [0, 0.05) is 60.2 Å². The van der Waals surface area contributed by atoms with Crippen LogP contribution in [0.25, 0.3) is 10.9 Å². The van der Waals surface area contributed by atoms with E-state index < -0.39 is 5.97 Å². The molecule has 0 atom stereocenters. The number of methoxy groups -OCH3 is 1. The molecule has 8 nitrogen and oxygen atoms in total. The normalized spacial score (nSPS) is 12.9. The zero-order valence-corrected chi connectivity index (χ0v) is 24.0. The number of ether oxygens (including phenoxy) is 1. The number of carboxylic acid groups (broad SMARTS) is 1. The molecule has 1 aliphatic rings. The van der Waals surface area contributed by atoms with Gasteiger partial charge in [-0.2, -0.15) is 5.26 Å². The smallest absolute Gasteiger partial charge is 0.303 e. The average molecular weight is 547 g/mol. The summed E-state index contributed by atoms with van der Waals surface area (Å²) in [6.45, 7) is 8.47. The number of amides is 1. The van der Waals surface area contributed by atoms with Crippen LogP contribution in [0.1, 0.15) is 66.9 Å². The molecule has 8 heteroatoms. The van der Waals surface area contributed by atoms with Crippen molar-refractivity contribution in [1.82, 2.24) is 14.8 Å². The number of carbonyl (C=O) groups excluding carboxylic acids is 1. The fraction of sp³-hybridized carbons (Fsp3) is 0.469. The molecule has 0 unspecified atom stereocenters. The molecule has 0 bridgehead atoms. The zero-order chi connectivity index (χ0) is 28.9. The maximum Gasteiger partial charge on any atom is 0.303 e. The van der Waals surface area contributed by atoms with Crippen molar-refractivity contribution in [2.45, 2.75) is 58.9 Å². The van der Waals surface area contributed by atoms with Gasteiger partial charge in [-0.25, -0.2) is 0 Å². The van der Waals surface area contributed by atoms with Crippen LogP contribution in [0.15, 0.2) is 48.7 Å². The number of carboxylic acids is 1. The number of hydrogen-bond donors (Lipinski definition) is 2. The number of likely N-dealkylation sites (tertiary alicyclic amines) is 1. The lowest BCUT2D eigenvalue weighted by Gasteiger charge is -2.38. The first-order chi connectivity index (χ1) is 19.4. The monoisotopic (exact) mass is 546 g/mol. The second-order valence-corrected chi connectivity index (χ2v) is 10.4. The molecule has 0 aliphatic carbocycles. The van der Waals surface area contributed by atoms with E-state index in [1.165, 1.54) is 34.9 Å². The zero-order valence-electron chi connectivity index (χ0n) is 24.0. The number of benzene rings is 2. The van der Waals surface area contributed by atoms with Gasteiger partial charge < -0.3 is 19.7 Å². The number of fused-ring (bicyclic) bond motifs is 1. The molecule has 2 heterocycles. The second kappa shape index (κ2) is 15.7. The van der Waals surface area contributed by atoms with Crippen molar-refractivity contribution in [2.75, 3.05) is 33.3 Å². The minimum atomic E-state index is -0.795. The summed E-state index contributed by atoms with van der Waals surface area (Å²) in [6.07, 6.45) is 7.24. The van der Waals surface area contributed by atoms with Gasteiger partial charge in [-0.15, -0.1) is 0 Å². The van der Waals surface area contributed by atoms with Gasteiger partial charge in [0.25, 0.3) is 5.91 Å². The summed E-state index contributed by atoms with van der Waals surface area (Å²) >= 11 is 0. The number of aliphatic carboxylic acids is 1. The van der Waals surface area contributed by atoms with Crippen molar-refractivity contribution in [3.8, 4) is 11.8 Å². The van der Waals surface area contributed by atoms with E-state index >= 15 is 0 Å². The fourth-order valence-electron chi connectivity index (χ4n) is 5.07. The van der Waals surface area contributed by atoms with Crippen LogP contribution in [0.4, 0.5) is 0 Å². The van der Waals surface area contributed by atoms with E-state index in [1.54, 1.807) is 24.1 Å². The van der Waals surface area contributed by atoms with Gasteiger partial charge in [-0.3, -0.25) is 14.5 Å². The number of aromatic amines is 1. The molecule has 1 aliphatic heterocycles. The number of aryl methyl sites for hydroxylation is 1. The van der Waals surface area contributed by atoms with Crippen molar-refractivity contribution in [2.24, 2.45) is 5.92 Å². The van der Waals surface area contributed by atoms with E-state index in [4.69, 9.17) is 15.1 Å². The minimum absolute atomic E-state index is 0.0118. The first-order valence-electron chi connectivity index (χ1n) is 14.2. The van der Waals surface area contributed by atoms with Gasteiger partial charge >= 0.3 is 5.97 Å². The highest BCUT2D eigenvalue weighted by Crippen LogP contribution is 2.31. The fourth-order valence-corrected chi connectivity index (χ4v) is 5.07. The molecule has 1 saturated heterocycles. The van der Waals surface area contributed by atoms with E-state index in [0.29, 0.717) is 25.1 Å². The lowest BCUT2D eigenvalue weighted by molar-refractivity contribution is -0.139. The molecule has 0 radical (unpaired) electrons. The summed E-state index contributed by atoms with van der Waals surface area (Å²) in [6, 6.07) is 15.6. The standard InChI is InChI=1S/C20H29N3O.C12H13NO3/c1-4-5-12-23(13-8-6-7-10-21)15-18-17-9-11-22-20(17)16(2)14-19(18)24-3;14-11(15)6-9-7-13(8-9)12(16)10-4-2-1-3-5-10/h9,11,14,22H,4-8,12-13,15H2,1-3H3;1-5,9H,6-8H2,(H,14,15). The molecule has 3 aromatic rings. The van der Waals surface area contributed by atoms with Gasteiger partial charge in [0.15, 0.2) is 0 Å². The van der Waals surface area contributed by atoms with Crippen LogP contribution in [-0.2, 0) is 11.3 Å². The highest BCUT2D eigenvalue weighted by atomic mass is 16.5. The SMILES string of the molecule is CCCCN(CCCCC#N)Cc1c(OC)cc(C)c2[nH]ccc12.O=C(O)CC1CN(C(=O)c2ccccc2)C1. The van der Waals surface area contributed by atoms with Crippen LogP contribution in [0.5, 0.6) is 5.75 Å². The average Bonchev–Trinajstić information content (AvgIpc) is 3.44. The molecule has 214 valence electrons. The molecular weight excluding hydrogens is 504 g/mol. The Kier molecular flexibility index (Phi) is 12.0. The molecule has 2 N–H and O–H groups in total. The Bertz CT molecular complexity index is 1280. The van der Waals surface area contributed by atoms with Crippen molar-refractivity contribution in [3.63, 3.8) is 0 Å². The molecule has 0 spiro atoms. The van der Waals surface area contributed by atoms with Crippen molar-refractivity contribution >= 4 is 22.8 Å². The Labute approximate surface area is 237 Å². The topological polar surface area (TPSA) is 110 Å². The number of aromatic nitrogens is 1. The summed E-state index contributed by atoms with van der Waals surface area (Å²) in [7, 11) is 1.75. The Balaban J connectivity index is 0.000000238. The van der Waals surface area contributed by atoms with E-state index in [-0.39, 0.29) is 18.2 Å². The summed E-state index contributed by atoms with van der Waals surface area (Å²) in [5.74, 6) is 0.280.